The Bertz CT molecular complexity index is 1500. The molecule has 0 saturated heterocycles. The predicted molar refractivity (Wildman–Crippen MR) is 147 cm³/mol. The first-order valence-corrected chi connectivity index (χ1v) is 13.1. The number of amides is 1. The molecule has 0 spiro atoms. The summed E-state index contributed by atoms with van der Waals surface area (Å²) >= 11 is 0. The minimum atomic E-state index is -3.86. The van der Waals surface area contributed by atoms with Crippen molar-refractivity contribution in [2.24, 2.45) is 5.10 Å². The molecule has 0 aliphatic carbocycles. The van der Waals surface area contributed by atoms with Crippen LogP contribution in [0.4, 0.5) is 5.69 Å². The molecule has 0 unspecified atom stereocenters. The molecule has 4 aromatic rings. The van der Waals surface area contributed by atoms with Gasteiger partial charge in [-0.15, -0.1) is 0 Å². The molecule has 0 aliphatic heterocycles. The van der Waals surface area contributed by atoms with E-state index in [4.69, 9.17) is 9.47 Å². The molecule has 38 heavy (non-hydrogen) atoms. The van der Waals surface area contributed by atoms with E-state index in [1.807, 2.05) is 18.2 Å². The second kappa shape index (κ2) is 12.1. The second-order valence-electron chi connectivity index (χ2n) is 8.16. The van der Waals surface area contributed by atoms with E-state index >= 15 is 0 Å². The average Bonchev–Trinajstić information content (AvgIpc) is 2.97. The summed E-state index contributed by atoms with van der Waals surface area (Å²) in [5, 5.41) is 4.01. The number of anilines is 1. The van der Waals surface area contributed by atoms with Crippen molar-refractivity contribution in [1.82, 2.24) is 5.43 Å². The molecular formula is C29H27N3O5S. The van der Waals surface area contributed by atoms with Gasteiger partial charge in [0.25, 0.3) is 15.9 Å². The maximum Gasteiger partial charge on any atom is 0.271 e. The standard InChI is InChI=1S/C29H27N3O5S/c1-36-26-18-16-25(17-19-26)32(38(34,35)27-9-4-3-5-10-27)21-22-12-14-23(15-13-22)29(33)31-30-20-24-8-6-7-11-28(24)37-2/h3-20H,21H2,1-2H3,(H,31,33)/b30-20-. The Labute approximate surface area is 222 Å². The third-order valence-corrected chi connectivity index (χ3v) is 7.53. The zero-order valence-electron chi connectivity index (χ0n) is 20.9. The van der Waals surface area contributed by atoms with E-state index in [0.717, 1.165) is 5.56 Å². The summed E-state index contributed by atoms with van der Waals surface area (Å²) in [7, 11) is -0.745. The minimum absolute atomic E-state index is 0.0669. The molecule has 0 heterocycles. The van der Waals surface area contributed by atoms with Crippen LogP contribution in [-0.2, 0) is 16.6 Å². The first kappa shape index (κ1) is 26.4. The Hall–Kier alpha value is -4.63. The van der Waals surface area contributed by atoms with Gasteiger partial charge in [0.15, 0.2) is 0 Å². The zero-order chi connectivity index (χ0) is 27.0. The molecule has 4 rings (SSSR count). The van der Waals surface area contributed by atoms with Crippen molar-refractivity contribution in [3.63, 3.8) is 0 Å². The Morgan fingerprint density at radius 2 is 1.50 bits per heavy atom. The van der Waals surface area contributed by atoms with Gasteiger partial charge in [-0.25, -0.2) is 13.8 Å². The van der Waals surface area contributed by atoms with Crippen molar-refractivity contribution in [2.75, 3.05) is 18.5 Å². The van der Waals surface area contributed by atoms with Crippen LogP contribution >= 0.6 is 0 Å². The topological polar surface area (TPSA) is 97.3 Å². The largest absolute Gasteiger partial charge is 0.497 e. The Balaban J connectivity index is 1.52. The maximum absolute atomic E-state index is 13.6. The number of rotatable bonds is 10. The van der Waals surface area contributed by atoms with E-state index in [1.165, 1.54) is 10.5 Å². The average molecular weight is 530 g/mol. The van der Waals surface area contributed by atoms with Gasteiger partial charge in [-0.05, 0) is 66.2 Å². The number of hydrogen-bond acceptors (Lipinski definition) is 6. The van der Waals surface area contributed by atoms with Gasteiger partial charge in [-0.3, -0.25) is 9.10 Å². The molecule has 0 radical (unpaired) electrons. The lowest BCUT2D eigenvalue weighted by Gasteiger charge is -2.25. The van der Waals surface area contributed by atoms with Crippen LogP contribution in [0.3, 0.4) is 0 Å². The Morgan fingerprint density at radius 1 is 0.842 bits per heavy atom. The SMILES string of the molecule is COc1ccc(N(Cc2ccc(C(=O)N/N=C\c3ccccc3OC)cc2)S(=O)(=O)c2ccccc2)cc1. The van der Waals surface area contributed by atoms with Crippen LogP contribution in [0.1, 0.15) is 21.5 Å². The van der Waals surface area contributed by atoms with Crippen LogP contribution in [-0.4, -0.2) is 34.8 Å². The number of hydrogen-bond donors (Lipinski definition) is 1. The molecule has 0 aliphatic rings. The molecule has 0 saturated carbocycles. The summed E-state index contributed by atoms with van der Waals surface area (Å²) in [5.74, 6) is 0.864. The van der Waals surface area contributed by atoms with Crippen LogP contribution in [0.15, 0.2) is 113 Å². The highest BCUT2D eigenvalue weighted by molar-refractivity contribution is 7.92. The van der Waals surface area contributed by atoms with Gasteiger partial charge in [0.05, 0.1) is 37.6 Å². The molecule has 8 nitrogen and oxygen atoms in total. The van der Waals surface area contributed by atoms with E-state index in [0.29, 0.717) is 28.3 Å². The van der Waals surface area contributed by atoms with Gasteiger partial charge in [0, 0.05) is 11.1 Å². The lowest BCUT2D eigenvalue weighted by atomic mass is 10.1. The van der Waals surface area contributed by atoms with E-state index in [9.17, 15) is 13.2 Å². The fourth-order valence-electron chi connectivity index (χ4n) is 3.71. The molecule has 1 N–H and O–H groups in total. The van der Waals surface area contributed by atoms with Crippen LogP contribution in [0, 0.1) is 0 Å². The molecule has 194 valence electrons. The summed E-state index contributed by atoms with van der Waals surface area (Å²) < 4.78 is 38.9. The van der Waals surface area contributed by atoms with E-state index in [-0.39, 0.29) is 11.4 Å². The molecule has 9 heteroatoms. The van der Waals surface area contributed by atoms with Gasteiger partial charge in [-0.1, -0.05) is 42.5 Å². The summed E-state index contributed by atoms with van der Waals surface area (Å²) in [6.07, 6.45) is 1.51. The summed E-state index contributed by atoms with van der Waals surface area (Å²) in [5.41, 5.74) is 4.80. The number of nitrogens with one attached hydrogen (secondary N) is 1. The van der Waals surface area contributed by atoms with E-state index in [1.54, 1.807) is 99.1 Å². The number of para-hydroxylation sites is 1. The number of hydrazone groups is 1. The third kappa shape index (κ3) is 6.19. The first-order chi connectivity index (χ1) is 18.4. The highest BCUT2D eigenvalue weighted by Crippen LogP contribution is 2.28. The molecule has 0 fully saturated rings. The van der Waals surface area contributed by atoms with Gasteiger partial charge < -0.3 is 9.47 Å². The van der Waals surface area contributed by atoms with Crippen molar-refractivity contribution in [3.8, 4) is 11.5 Å². The fourth-order valence-corrected chi connectivity index (χ4v) is 5.18. The molecule has 0 atom stereocenters. The predicted octanol–water partition coefficient (Wildman–Crippen LogP) is 4.86. The van der Waals surface area contributed by atoms with Gasteiger partial charge in [-0.2, -0.15) is 5.10 Å². The van der Waals surface area contributed by atoms with Crippen LogP contribution < -0.4 is 19.2 Å². The Morgan fingerprint density at radius 3 is 2.16 bits per heavy atom. The first-order valence-electron chi connectivity index (χ1n) is 11.7. The van der Waals surface area contributed by atoms with E-state index in [2.05, 4.69) is 10.5 Å². The van der Waals surface area contributed by atoms with Crippen molar-refractivity contribution < 1.29 is 22.7 Å². The number of carbonyl (C=O) groups is 1. The minimum Gasteiger partial charge on any atom is -0.497 e. The van der Waals surface area contributed by atoms with Crippen LogP contribution in [0.25, 0.3) is 0 Å². The highest BCUT2D eigenvalue weighted by atomic mass is 32.2. The summed E-state index contributed by atoms with van der Waals surface area (Å²) in [6, 6.07) is 29.1. The normalized spacial score (nSPS) is 11.2. The van der Waals surface area contributed by atoms with Crippen molar-refractivity contribution >= 4 is 27.8 Å². The quantitative estimate of drug-likeness (QED) is 0.234. The van der Waals surface area contributed by atoms with Crippen LogP contribution in [0.5, 0.6) is 11.5 Å². The maximum atomic E-state index is 13.6. The molecule has 0 aromatic heterocycles. The molecule has 1 amide bonds. The Kier molecular flexibility index (Phi) is 8.40. The number of benzene rings is 4. The summed E-state index contributed by atoms with van der Waals surface area (Å²) in [4.78, 5) is 12.8. The summed E-state index contributed by atoms with van der Waals surface area (Å²) in [6.45, 7) is 0.0669. The van der Waals surface area contributed by atoms with Crippen molar-refractivity contribution in [1.29, 1.82) is 0 Å². The zero-order valence-corrected chi connectivity index (χ0v) is 21.8. The lowest BCUT2D eigenvalue weighted by molar-refractivity contribution is 0.0955. The number of sulfonamides is 1. The van der Waals surface area contributed by atoms with Crippen LogP contribution in [0.2, 0.25) is 0 Å². The highest BCUT2D eigenvalue weighted by Gasteiger charge is 2.25. The van der Waals surface area contributed by atoms with Gasteiger partial charge in [0.2, 0.25) is 0 Å². The number of carbonyl (C=O) groups excluding carboxylic acids is 1. The van der Waals surface area contributed by atoms with Crippen molar-refractivity contribution in [3.05, 3.63) is 120 Å². The number of ether oxygens (including phenoxy) is 2. The van der Waals surface area contributed by atoms with Gasteiger partial charge >= 0.3 is 0 Å². The van der Waals surface area contributed by atoms with Gasteiger partial charge in [0.1, 0.15) is 11.5 Å². The fraction of sp³-hybridized carbons (Fsp3) is 0.103. The number of methoxy groups -OCH3 is 2. The second-order valence-corrected chi connectivity index (χ2v) is 10.0. The molecule has 4 aromatic carbocycles. The van der Waals surface area contributed by atoms with Crippen molar-refractivity contribution in [2.45, 2.75) is 11.4 Å². The number of nitrogens with zero attached hydrogens (tertiary/aromatic N) is 2. The third-order valence-electron chi connectivity index (χ3n) is 5.74. The molecule has 0 bridgehead atoms. The van der Waals surface area contributed by atoms with E-state index < -0.39 is 15.9 Å². The lowest BCUT2D eigenvalue weighted by Crippen LogP contribution is -2.30. The smallest absolute Gasteiger partial charge is 0.271 e. The monoisotopic (exact) mass is 529 g/mol. The molecular weight excluding hydrogens is 502 g/mol.